The molecule has 0 bridgehead atoms. The van der Waals surface area contributed by atoms with E-state index in [9.17, 15) is 0 Å². The van der Waals surface area contributed by atoms with Gasteiger partial charge in [0.25, 0.3) is 0 Å². The summed E-state index contributed by atoms with van der Waals surface area (Å²) in [4.78, 5) is 0. The van der Waals surface area contributed by atoms with E-state index < -0.39 is 6.73 Å². The zero-order valence-electron chi connectivity index (χ0n) is 3.80. The van der Waals surface area contributed by atoms with E-state index in [1.54, 1.807) is 0 Å². The van der Waals surface area contributed by atoms with Gasteiger partial charge in [-0.2, -0.15) is 0 Å². The summed E-state index contributed by atoms with van der Waals surface area (Å²) in [5.74, 6) is 0.722. The Hall–Kier alpha value is 1.38. The predicted octanol–water partition coefficient (Wildman–Crippen LogP) is 2.67. The molecular formula is C2H6Cl4Si. The number of alkyl halides is 1. The molecule has 0 aromatic carbocycles. The van der Waals surface area contributed by atoms with Crippen molar-refractivity contribution in [2.24, 2.45) is 0 Å². The highest BCUT2D eigenvalue weighted by atomic mass is 35.8. The van der Waals surface area contributed by atoms with Crippen molar-refractivity contribution in [3.8, 4) is 0 Å². The van der Waals surface area contributed by atoms with Gasteiger partial charge in [-0.25, -0.2) is 0 Å². The van der Waals surface area contributed by atoms with E-state index >= 15 is 0 Å². The van der Waals surface area contributed by atoms with Crippen LogP contribution in [0, 0.1) is 0 Å². The average molecular weight is 200 g/mol. The summed E-state index contributed by atoms with van der Waals surface area (Å²) in [6.45, 7) is 0.168. The molecule has 0 aliphatic heterocycles. The van der Waals surface area contributed by atoms with Crippen LogP contribution in [0.3, 0.4) is 0 Å². The van der Waals surface area contributed by atoms with E-state index in [0.717, 1.165) is 5.88 Å². The van der Waals surface area contributed by atoms with Crippen LogP contribution >= 0.6 is 44.8 Å². The van der Waals surface area contributed by atoms with Gasteiger partial charge in [0.1, 0.15) is 0 Å². The predicted molar refractivity (Wildman–Crippen MR) is 41.1 cm³/mol. The third kappa shape index (κ3) is 112. The van der Waals surface area contributed by atoms with E-state index in [4.69, 9.17) is 44.8 Å². The Morgan fingerprint density at radius 2 is 1.29 bits per heavy atom. The van der Waals surface area contributed by atoms with E-state index in [0.29, 0.717) is 0 Å². The van der Waals surface area contributed by atoms with Gasteiger partial charge in [-0.3, -0.25) is 0 Å². The summed E-state index contributed by atoms with van der Waals surface area (Å²) in [5.41, 5.74) is 0. The van der Waals surface area contributed by atoms with Gasteiger partial charge in [-0.05, 0) is 0 Å². The van der Waals surface area contributed by atoms with Crippen molar-refractivity contribution in [2.75, 3.05) is 5.88 Å². The average Bonchev–Trinajstić information content (AvgIpc) is 1.33. The molecule has 0 saturated carbocycles. The fraction of sp³-hybridized carbons (Fsp3) is 1.00. The molecule has 0 saturated heterocycles. The SMILES string of the molecule is CCCl.Cl[SiH](Cl)Cl. The van der Waals surface area contributed by atoms with E-state index in [2.05, 4.69) is 0 Å². The highest BCUT2D eigenvalue weighted by Gasteiger charge is 1.85. The van der Waals surface area contributed by atoms with Crippen molar-refractivity contribution in [3.05, 3.63) is 0 Å². The Morgan fingerprint density at radius 1 is 1.29 bits per heavy atom. The quantitative estimate of drug-likeness (QED) is 0.320. The topological polar surface area (TPSA) is 0 Å². The largest absolute Gasteiger partial charge is 0.326 e. The first-order valence-electron chi connectivity index (χ1n) is 1.63. The maximum absolute atomic E-state index is 5.00. The van der Waals surface area contributed by atoms with Crippen LogP contribution < -0.4 is 0 Å². The van der Waals surface area contributed by atoms with Crippen LogP contribution in [-0.4, -0.2) is 12.6 Å². The fourth-order valence-electron chi connectivity index (χ4n) is 0. The number of rotatable bonds is 0. The molecule has 5 heteroatoms. The first kappa shape index (κ1) is 11.2. The molecule has 0 aromatic heterocycles. The minimum Gasteiger partial charge on any atom is -0.130 e. The van der Waals surface area contributed by atoms with Crippen molar-refractivity contribution in [1.82, 2.24) is 0 Å². The lowest BCUT2D eigenvalue weighted by molar-refractivity contribution is 1.51. The minimum atomic E-state index is -1.72. The third-order valence-electron chi connectivity index (χ3n) is 0. The monoisotopic (exact) mass is 198 g/mol. The van der Waals surface area contributed by atoms with Gasteiger partial charge < -0.3 is 0 Å². The Kier molecular flexibility index (Phi) is 16.6. The number of hydrogen-bond donors (Lipinski definition) is 0. The summed E-state index contributed by atoms with van der Waals surface area (Å²) >= 11 is 19.8. The first-order chi connectivity index (χ1) is 3.15. The van der Waals surface area contributed by atoms with E-state index in [-0.39, 0.29) is 0 Å². The highest BCUT2D eigenvalue weighted by Crippen LogP contribution is 1.97. The van der Waals surface area contributed by atoms with Gasteiger partial charge in [0.15, 0.2) is 0 Å². The normalized spacial score (nSPS) is 7.71. The van der Waals surface area contributed by atoms with Gasteiger partial charge >= 0.3 is 6.73 Å². The molecule has 0 unspecified atom stereocenters. The summed E-state index contributed by atoms with van der Waals surface area (Å²) in [5, 5.41) is 0. The number of hydrogen-bond acceptors (Lipinski definition) is 0. The molecule has 0 fully saturated rings. The van der Waals surface area contributed by atoms with Gasteiger partial charge in [-0.1, -0.05) is 6.92 Å². The van der Waals surface area contributed by atoms with Crippen LogP contribution in [0.15, 0.2) is 0 Å². The smallest absolute Gasteiger partial charge is 0.130 e. The zero-order chi connectivity index (χ0) is 6.28. The molecule has 0 atom stereocenters. The van der Waals surface area contributed by atoms with Crippen molar-refractivity contribution >= 4 is 51.6 Å². The molecule has 0 rings (SSSR count). The fourth-order valence-corrected chi connectivity index (χ4v) is 0. The summed E-state index contributed by atoms with van der Waals surface area (Å²) in [6.07, 6.45) is 0. The maximum atomic E-state index is 5.00. The lowest BCUT2D eigenvalue weighted by atomic mass is 11.0. The Labute approximate surface area is 64.4 Å². The molecule has 0 radical (unpaired) electrons. The maximum Gasteiger partial charge on any atom is 0.326 e. The molecular weight excluding hydrogens is 194 g/mol. The van der Waals surface area contributed by atoms with Crippen LogP contribution in [0.4, 0.5) is 0 Å². The Bertz CT molecular complexity index is 20.9. The van der Waals surface area contributed by atoms with Crippen LogP contribution in [0.5, 0.6) is 0 Å². The van der Waals surface area contributed by atoms with Crippen molar-refractivity contribution in [2.45, 2.75) is 6.92 Å². The summed E-state index contributed by atoms with van der Waals surface area (Å²) < 4.78 is 0. The van der Waals surface area contributed by atoms with Crippen LogP contribution in [-0.2, 0) is 0 Å². The molecule has 0 spiro atoms. The molecule has 0 heterocycles. The second-order valence-electron chi connectivity index (χ2n) is 0.515. The van der Waals surface area contributed by atoms with Crippen LogP contribution in [0.1, 0.15) is 6.92 Å². The van der Waals surface area contributed by atoms with E-state index in [1.807, 2.05) is 6.92 Å². The molecule has 0 aromatic rings. The second kappa shape index (κ2) is 10.4. The molecule has 0 aliphatic carbocycles. The standard InChI is InChI=1S/C2H5Cl.Cl3HSi/c1-2-3;1-4(2)3/h2H2,1H3;4H. The molecule has 0 aliphatic rings. The molecule has 0 nitrogen and oxygen atoms in total. The Balaban J connectivity index is 0. The highest BCUT2D eigenvalue weighted by molar-refractivity contribution is 7.54. The molecule has 7 heavy (non-hydrogen) atoms. The summed E-state index contributed by atoms with van der Waals surface area (Å²) in [6, 6.07) is 0. The number of halogens is 4. The lowest BCUT2D eigenvalue weighted by Gasteiger charge is -1.65. The molecule has 0 amide bonds. The van der Waals surface area contributed by atoms with Crippen molar-refractivity contribution < 1.29 is 0 Å². The Morgan fingerprint density at radius 3 is 1.29 bits per heavy atom. The van der Waals surface area contributed by atoms with Crippen LogP contribution in [0.25, 0.3) is 0 Å². The van der Waals surface area contributed by atoms with Crippen LogP contribution in [0.2, 0.25) is 0 Å². The van der Waals surface area contributed by atoms with Gasteiger partial charge in [0, 0.05) is 5.88 Å². The van der Waals surface area contributed by atoms with Gasteiger partial charge in [0.05, 0.1) is 0 Å². The van der Waals surface area contributed by atoms with E-state index in [1.165, 1.54) is 0 Å². The van der Waals surface area contributed by atoms with Crippen molar-refractivity contribution in [3.63, 3.8) is 0 Å². The molecule has 0 N–H and O–H groups in total. The summed E-state index contributed by atoms with van der Waals surface area (Å²) in [7, 11) is 0. The minimum absolute atomic E-state index is 0.722. The molecule has 46 valence electrons. The first-order valence-corrected chi connectivity index (χ1v) is 7.40. The third-order valence-corrected chi connectivity index (χ3v) is 0. The zero-order valence-corrected chi connectivity index (χ0v) is 7.97. The second-order valence-corrected chi connectivity index (χ2v) is 7.48. The van der Waals surface area contributed by atoms with Gasteiger partial charge in [-0.15, -0.1) is 44.8 Å². The van der Waals surface area contributed by atoms with Crippen molar-refractivity contribution in [1.29, 1.82) is 0 Å². The lowest BCUT2D eigenvalue weighted by Crippen LogP contribution is -1.66. The van der Waals surface area contributed by atoms with Gasteiger partial charge in [0.2, 0.25) is 0 Å².